The van der Waals surface area contributed by atoms with Crippen molar-refractivity contribution in [3.05, 3.63) is 44.1 Å². The highest BCUT2D eigenvalue weighted by molar-refractivity contribution is 9.11. The number of hydrogen-bond acceptors (Lipinski definition) is 2. The van der Waals surface area contributed by atoms with Crippen molar-refractivity contribution in [2.45, 2.75) is 33.7 Å². The molecule has 3 nitrogen and oxygen atoms in total. The molecule has 0 saturated heterocycles. The molecule has 1 aromatic carbocycles. The lowest BCUT2D eigenvalue weighted by Crippen LogP contribution is -2.13. The van der Waals surface area contributed by atoms with Crippen LogP contribution in [0.3, 0.4) is 0 Å². The second-order valence-corrected chi connectivity index (χ2v) is 6.51. The molecule has 0 fully saturated rings. The van der Waals surface area contributed by atoms with E-state index in [-0.39, 0.29) is 0 Å². The maximum absolute atomic E-state index is 4.57. The zero-order chi connectivity index (χ0) is 14.7. The molecule has 0 aliphatic rings. The van der Waals surface area contributed by atoms with Crippen LogP contribution in [0.15, 0.2) is 27.1 Å². The maximum Gasteiger partial charge on any atom is 0.0791 e. The Morgan fingerprint density at radius 1 is 1.25 bits per heavy atom. The van der Waals surface area contributed by atoms with E-state index < -0.39 is 0 Å². The predicted molar refractivity (Wildman–Crippen MR) is 90.4 cm³/mol. The summed E-state index contributed by atoms with van der Waals surface area (Å²) in [5.41, 5.74) is 4.45. The predicted octanol–water partition coefficient (Wildman–Crippen LogP) is 4.51. The minimum Gasteiger partial charge on any atom is -0.313 e. The van der Waals surface area contributed by atoms with Crippen molar-refractivity contribution in [3.63, 3.8) is 0 Å². The van der Waals surface area contributed by atoms with E-state index in [0.29, 0.717) is 0 Å². The van der Waals surface area contributed by atoms with Crippen LogP contribution in [-0.2, 0) is 6.54 Å². The number of halogens is 2. The summed E-state index contributed by atoms with van der Waals surface area (Å²) in [5, 5.41) is 7.98. The number of aryl methyl sites for hydroxylation is 1. The van der Waals surface area contributed by atoms with Gasteiger partial charge >= 0.3 is 0 Å². The van der Waals surface area contributed by atoms with Gasteiger partial charge in [-0.2, -0.15) is 5.10 Å². The van der Waals surface area contributed by atoms with Crippen LogP contribution in [0.5, 0.6) is 0 Å². The number of rotatable bonds is 5. The maximum atomic E-state index is 4.57. The van der Waals surface area contributed by atoms with E-state index in [1.54, 1.807) is 0 Å². The number of aromatic nitrogens is 2. The van der Waals surface area contributed by atoms with Crippen molar-refractivity contribution in [3.8, 4) is 5.69 Å². The molecule has 5 heteroatoms. The van der Waals surface area contributed by atoms with Gasteiger partial charge in [0.25, 0.3) is 0 Å². The lowest BCUT2D eigenvalue weighted by Gasteiger charge is -2.10. The molecule has 0 spiro atoms. The number of nitrogens with zero attached hydrogens (tertiary/aromatic N) is 2. The van der Waals surface area contributed by atoms with Crippen LogP contribution in [0.2, 0.25) is 0 Å². The average Bonchev–Trinajstić information content (AvgIpc) is 2.67. The van der Waals surface area contributed by atoms with Gasteiger partial charge in [-0.15, -0.1) is 0 Å². The molecule has 0 aliphatic carbocycles. The Balaban J connectivity index is 2.27. The van der Waals surface area contributed by atoms with Gasteiger partial charge in [0.05, 0.1) is 21.5 Å². The van der Waals surface area contributed by atoms with E-state index in [2.05, 4.69) is 74.3 Å². The first kappa shape index (κ1) is 15.7. The Morgan fingerprint density at radius 3 is 2.55 bits per heavy atom. The van der Waals surface area contributed by atoms with Crippen LogP contribution in [0, 0.1) is 13.8 Å². The highest BCUT2D eigenvalue weighted by Gasteiger charge is 2.12. The summed E-state index contributed by atoms with van der Waals surface area (Å²) >= 11 is 7.23. The summed E-state index contributed by atoms with van der Waals surface area (Å²) in [7, 11) is 0. The zero-order valence-corrected chi connectivity index (χ0v) is 15.2. The molecule has 0 atom stereocenters. The first-order valence-corrected chi connectivity index (χ1v) is 8.34. The third-order valence-corrected chi connectivity index (χ3v) is 4.98. The molecule has 0 bridgehead atoms. The summed E-state index contributed by atoms with van der Waals surface area (Å²) in [6, 6.07) is 6.41. The molecule has 0 aliphatic heterocycles. The standard InChI is InChI=1S/C15H19Br2N3/c1-4-7-18-9-12-5-6-14(13(16)8-12)20-11(3)15(17)10(2)19-20/h5-6,8,18H,4,7,9H2,1-3H3. The van der Waals surface area contributed by atoms with Gasteiger partial charge in [-0.1, -0.05) is 13.0 Å². The normalized spacial score (nSPS) is 11.1. The molecule has 0 saturated carbocycles. The lowest BCUT2D eigenvalue weighted by molar-refractivity contribution is 0.675. The first-order chi connectivity index (χ1) is 9.54. The molecule has 108 valence electrons. The SMILES string of the molecule is CCCNCc1ccc(-n2nc(C)c(Br)c2C)c(Br)c1. The molecule has 1 heterocycles. The molecule has 1 N–H and O–H groups in total. The van der Waals surface area contributed by atoms with E-state index in [9.17, 15) is 0 Å². The molecule has 0 unspecified atom stereocenters. The van der Waals surface area contributed by atoms with Gasteiger partial charge in [0.1, 0.15) is 0 Å². The molecule has 1 aromatic heterocycles. The summed E-state index contributed by atoms with van der Waals surface area (Å²) in [6.45, 7) is 8.18. The van der Waals surface area contributed by atoms with Crippen molar-refractivity contribution in [2.24, 2.45) is 0 Å². The Morgan fingerprint density at radius 2 is 2.00 bits per heavy atom. The lowest BCUT2D eigenvalue weighted by atomic mass is 10.2. The molecule has 0 amide bonds. The van der Waals surface area contributed by atoms with Gasteiger partial charge in [0.2, 0.25) is 0 Å². The van der Waals surface area contributed by atoms with Crippen LogP contribution in [0.1, 0.15) is 30.3 Å². The topological polar surface area (TPSA) is 29.9 Å². The van der Waals surface area contributed by atoms with Crippen LogP contribution < -0.4 is 5.32 Å². The fraction of sp³-hybridized carbons (Fsp3) is 0.400. The minimum absolute atomic E-state index is 0.896. The van der Waals surface area contributed by atoms with Gasteiger partial charge in [-0.25, -0.2) is 4.68 Å². The summed E-state index contributed by atoms with van der Waals surface area (Å²) in [6.07, 6.45) is 1.15. The van der Waals surface area contributed by atoms with E-state index in [1.807, 2.05) is 11.6 Å². The van der Waals surface area contributed by atoms with Gasteiger partial charge in [-0.05, 0) is 76.4 Å². The number of nitrogens with one attached hydrogen (secondary N) is 1. The Hall–Kier alpha value is -0.650. The van der Waals surface area contributed by atoms with Crippen LogP contribution >= 0.6 is 31.9 Å². The van der Waals surface area contributed by atoms with Gasteiger partial charge in [-0.3, -0.25) is 0 Å². The zero-order valence-electron chi connectivity index (χ0n) is 12.0. The second kappa shape index (κ2) is 6.87. The van der Waals surface area contributed by atoms with Crippen molar-refractivity contribution in [1.82, 2.24) is 15.1 Å². The largest absolute Gasteiger partial charge is 0.313 e. The minimum atomic E-state index is 0.896. The van der Waals surface area contributed by atoms with E-state index in [1.165, 1.54) is 5.56 Å². The van der Waals surface area contributed by atoms with Crippen molar-refractivity contribution >= 4 is 31.9 Å². The van der Waals surface area contributed by atoms with Crippen LogP contribution in [0.4, 0.5) is 0 Å². The first-order valence-electron chi connectivity index (χ1n) is 6.75. The second-order valence-electron chi connectivity index (χ2n) is 4.86. The van der Waals surface area contributed by atoms with Crippen LogP contribution in [0.25, 0.3) is 5.69 Å². The number of hydrogen-bond donors (Lipinski definition) is 1. The highest BCUT2D eigenvalue weighted by atomic mass is 79.9. The summed E-state index contributed by atoms with van der Waals surface area (Å²) < 4.78 is 4.09. The van der Waals surface area contributed by atoms with Crippen LogP contribution in [-0.4, -0.2) is 16.3 Å². The van der Waals surface area contributed by atoms with E-state index in [0.717, 1.165) is 45.5 Å². The fourth-order valence-electron chi connectivity index (χ4n) is 2.10. The van der Waals surface area contributed by atoms with Crippen molar-refractivity contribution in [1.29, 1.82) is 0 Å². The molecular weight excluding hydrogens is 382 g/mol. The molecule has 20 heavy (non-hydrogen) atoms. The molecular formula is C15H19Br2N3. The third-order valence-electron chi connectivity index (χ3n) is 3.20. The number of benzene rings is 1. The third kappa shape index (κ3) is 3.32. The molecule has 0 radical (unpaired) electrons. The molecule has 2 rings (SSSR count). The quantitative estimate of drug-likeness (QED) is 0.748. The summed E-state index contributed by atoms with van der Waals surface area (Å²) in [5.74, 6) is 0. The van der Waals surface area contributed by atoms with Gasteiger partial charge in [0.15, 0.2) is 0 Å². The molecule has 2 aromatic rings. The summed E-state index contributed by atoms with van der Waals surface area (Å²) in [4.78, 5) is 0. The van der Waals surface area contributed by atoms with Crippen molar-refractivity contribution < 1.29 is 0 Å². The highest BCUT2D eigenvalue weighted by Crippen LogP contribution is 2.27. The van der Waals surface area contributed by atoms with E-state index >= 15 is 0 Å². The van der Waals surface area contributed by atoms with Gasteiger partial charge < -0.3 is 5.32 Å². The smallest absolute Gasteiger partial charge is 0.0791 e. The van der Waals surface area contributed by atoms with E-state index in [4.69, 9.17) is 0 Å². The Kier molecular flexibility index (Phi) is 5.41. The Labute approximate surface area is 137 Å². The monoisotopic (exact) mass is 399 g/mol. The van der Waals surface area contributed by atoms with Crippen molar-refractivity contribution in [2.75, 3.05) is 6.54 Å². The average molecular weight is 401 g/mol. The Bertz CT molecular complexity index is 605. The fourth-order valence-corrected chi connectivity index (χ4v) is 2.94. The van der Waals surface area contributed by atoms with Gasteiger partial charge in [0, 0.05) is 11.0 Å².